The highest BCUT2D eigenvalue weighted by Crippen LogP contribution is 2.02. The zero-order chi connectivity index (χ0) is 9.84. The summed E-state index contributed by atoms with van der Waals surface area (Å²) < 4.78 is 5.60. The molecule has 0 N–H and O–H groups in total. The zero-order valence-corrected chi connectivity index (χ0v) is 8.72. The summed E-state index contributed by atoms with van der Waals surface area (Å²) in [5, 5.41) is 1.19. The summed E-state index contributed by atoms with van der Waals surface area (Å²) in [6.07, 6.45) is 8.20. The minimum atomic E-state index is 0.966. The lowest BCUT2D eigenvalue weighted by Gasteiger charge is -1.86. The van der Waals surface area contributed by atoms with Gasteiger partial charge < -0.3 is 4.42 Å². The molecule has 1 heterocycles. The maximum Gasteiger partial charge on any atom is 0.130 e. The van der Waals surface area contributed by atoms with Crippen LogP contribution in [0.15, 0.2) is 10.5 Å². The molecule has 0 atom stereocenters. The third kappa shape index (κ3) is 1.74. The second-order valence-electron chi connectivity index (χ2n) is 2.93. The SMILES string of the molecule is C/C=C\c1c(C)oc(=C/C)/c1=C\C. The van der Waals surface area contributed by atoms with Gasteiger partial charge in [-0.25, -0.2) is 0 Å². The van der Waals surface area contributed by atoms with Gasteiger partial charge in [-0.3, -0.25) is 0 Å². The van der Waals surface area contributed by atoms with Crippen LogP contribution >= 0.6 is 0 Å². The predicted molar refractivity (Wildman–Crippen MR) is 57.7 cm³/mol. The first-order valence-electron chi connectivity index (χ1n) is 4.59. The van der Waals surface area contributed by atoms with Gasteiger partial charge in [-0.15, -0.1) is 0 Å². The lowest BCUT2D eigenvalue weighted by atomic mass is 10.2. The first-order valence-corrected chi connectivity index (χ1v) is 4.59. The predicted octanol–water partition coefficient (Wildman–Crippen LogP) is 2.22. The first-order chi connectivity index (χ1) is 6.24. The first kappa shape index (κ1) is 9.85. The summed E-state index contributed by atoms with van der Waals surface area (Å²) >= 11 is 0. The van der Waals surface area contributed by atoms with Gasteiger partial charge in [-0.2, -0.15) is 0 Å². The van der Waals surface area contributed by atoms with Crippen LogP contribution < -0.4 is 10.6 Å². The largest absolute Gasteiger partial charge is 0.461 e. The van der Waals surface area contributed by atoms with Crippen molar-refractivity contribution in [1.82, 2.24) is 0 Å². The van der Waals surface area contributed by atoms with Gasteiger partial charge >= 0.3 is 0 Å². The van der Waals surface area contributed by atoms with E-state index in [1.165, 1.54) is 10.8 Å². The van der Waals surface area contributed by atoms with Gasteiger partial charge in [0.15, 0.2) is 0 Å². The van der Waals surface area contributed by atoms with E-state index in [2.05, 4.69) is 12.2 Å². The van der Waals surface area contributed by atoms with Gasteiger partial charge in [-0.05, 0) is 33.8 Å². The minimum Gasteiger partial charge on any atom is -0.461 e. The molecule has 0 saturated heterocycles. The zero-order valence-electron chi connectivity index (χ0n) is 8.72. The monoisotopic (exact) mass is 176 g/mol. The van der Waals surface area contributed by atoms with Crippen LogP contribution in [0.25, 0.3) is 18.2 Å². The molecule has 13 heavy (non-hydrogen) atoms. The summed E-state index contributed by atoms with van der Waals surface area (Å²) in [4.78, 5) is 0. The Bertz CT molecular complexity index is 419. The highest BCUT2D eigenvalue weighted by molar-refractivity contribution is 5.54. The summed E-state index contributed by atoms with van der Waals surface area (Å²) in [6.45, 7) is 8.03. The van der Waals surface area contributed by atoms with Crippen molar-refractivity contribution in [2.75, 3.05) is 0 Å². The lowest BCUT2D eigenvalue weighted by molar-refractivity contribution is 0.500. The average Bonchev–Trinajstić information content (AvgIpc) is 2.44. The van der Waals surface area contributed by atoms with Crippen LogP contribution in [-0.4, -0.2) is 0 Å². The molecule has 0 aromatic carbocycles. The minimum absolute atomic E-state index is 0.966. The highest BCUT2D eigenvalue weighted by atomic mass is 16.3. The number of hydrogen-bond acceptors (Lipinski definition) is 1. The molecule has 1 rings (SSSR count). The number of furan rings is 1. The lowest BCUT2D eigenvalue weighted by Crippen LogP contribution is -2.20. The van der Waals surface area contributed by atoms with Crippen molar-refractivity contribution in [3.05, 3.63) is 28.0 Å². The van der Waals surface area contributed by atoms with E-state index in [-0.39, 0.29) is 0 Å². The van der Waals surface area contributed by atoms with Crippen molar-refractivity contribution in [3.63, 3.8) is 0 Å². The molecule has 0 radical (unpaired) electrons. The van der Waals surface area contributed by atoms with Crippen molar-refractivity contribution in [2.24, 2.45) is 0 Å². The van der Waals surface area contributed by atoms with Crippen LogP contribution in [0.4, 0.5) is 0 Å². The molecule has 0 saturated carbocycles. The Balaban J connectivity index is 3.61. The quantitative estimate of drug-likeness (QED) is 0.639. The molecule has 1 aromatic heterocycles. The van der Waals surface area contributed by atoms with E-state index in [1.807, 2.05) is 39.8 Å². The fraction of sp³-hybridized carbons (Fsp3) is 0.333. The van der Waals surface area contributed by atoms with Crippen LogP contribution in [0, 0.1) is 6.92 Å². The fourth-order valence-corrected chi connectivity index (χ4v) is 1.48. The topological polar surface area (TPSA) is 13.1 Å². The number of aryl methyl sites for hydroxylation is 1. The Kier molecular flexibility index (Phi) is 3.13. The molecule has 0 fully saturated rings. The molecule has 0 aliphatic carbocycles. The number of rotatable bonds is 1. The van der Waals surface area contributed by atoms with Gasteiger partial charge in [0.05, 0.1) is 0 Å². The molecule has 0 bridgehead atoms. The van der Waals surface area contributed by atoms with Crippen LogP contribution in [0.3, 0.4) is 0 Å². The highest BCUT2D eigenvalue weighted by Gasteiger charge is 2.01. The Morgan fingerprint density at radius 3 is 2.23 bits per heavy atom. The number of hydrogen-bond donors (Lipinski definition) is 0. The summed E-state index contributed by atoms with van der Waals surface area (Å²) in [5.41, 5.74) is 2.16. The second-order valence-corrected chi connectivity index (χ2v) is 2.93. The maximum absolute atomic E-state index is 5.60. The molecule has 70 valence electrons. The summed E-state index contributed by atoms with van der Waals surface area (Å²) in [5.74, 6) is 0.985. The van der Waals surface area contributed by atoms with Crippen molar-refractivity contribution in [3.8, 4) is 0 Å². The maximum atomic E-state index is 5.60. The normalized spacial score (nSPS) is 14.8. The van der Waals surface area contributed by atoms with Crippen LogP contribution in [-0.2, 0) is 0 Å². The molecule has 1 aromatic rings. The smallest absolute Gasteiger partial charge is 0.130 e. The van der Waals surface area contributed by atoms with E-state index in [0.717, 1.165) is 11.2 Å². The van der Waals surface area contributed by atoms with E-state index in [1.54, 1.807) is 0 Å². The second kappa shape index (κ2) is 4.13. The third-order valence-electron chi connectivity index (χ3n) is 2.08. The average molecular weight is 176 g/mol. The number of allylic oxidation sites excluding steroid dienone is 1. The molecule has 1 heteroatoms. The molecular formula is C12H16O. The Labute approximate surface area is 79.1 Å². The Morgan fingerprint density at radius 2 is 1.77 bits per heavy atom. The molecule has 0 amide bonds. The van der Waals surface area contributed by atoms with Gasteiger partial charge in [-0.1, -0.05) is 18.2 Å². The van der Waals surface area contributed by atoms with E-state index in [9.17, 15) is 0 Å². The molecule has 0 aliphatic heterocycles. The summed E-state index contributed by atoms with van der Waals surface area (Å²) in [6, 6.07) is 0. The van der Waals surface area contributed by atoms with Crippen molar-refractivity contribution in [2.45, 2.75) is 27.7 Å². The van der Waals surface area contributed by atoms with Crippen LogP contribution in [0.5, 0.6) is 0 Å². The van der Waals surface area contributed by atoms with Gasteiger partial charge in [0.25, 0.3) is 0 Å². The van der Waals surface area contributed by atoms with E-state index < -0.39 is 0 Å². The van der Waals surface area contributed by atoms with Crippen LogP contribution in [0.1, 0.15) is 32.1 Å². The van der Waals surface area contributed by atoms with E-state index in [4.69, 9.17) is 4.42 Å². The van der Waals surface area contributed by atoms with Gasteiger partial charge in [0.2, 0.25) is 0 Å². The summed E-state index contributed by atoms with van der Waals surface area (Å²) in [7, 11) is 0. The van der Waals surface area contributed by atoms with Gasteiger partial charge in [0, 0.05) is 10.8 Å². The Morgan fingerprint density at radius 1 is 1.08 bits per heavy atom. The van der Waals surface area contributed by atoms with Gasteiger partial charge in [0.1, 0.15) is 11.2 Å². The van der Waals surface area contributed by atoms with E-state index in [0.29, 0.717) is 0 Å². The van der Waals surface area contributed by atoms with Crippen molar-refractivity contribution < 1.29 is 4.42 Å². The standard InChI is InChI=1S/C12H16O/c1-5-8-11-9(4)13-12(7-3)10(11)6-2/h5-8H,1-4H3/b8-5-,10-6-,12-7+. The third-order valence-corrected chi connectivity index (χ3v) is 2.08. The Hall–Kier alpha value is -1.24. The molecule has 1 nitrogen and oxygen atoms in total. The molecule has 0 unspecified atom stereocenters. The van der Waals surface area contributed by atoms with Crippen molar-refractivity contribution in [1.29, 1.82) is 0 Å². The van der Waals surface area contributed by atoms with Crippen LogP contribution in [0.2, 0.25) is 0 Å². The molecule has 0 aliphatic rings. The molecule has 0 spiro atoms. The fourth-order valence-electron chi connectivity index (χ4n) is 1.48. The molecular weight excluding hydrogens is 160 g/mol. The van der Waals surface area contributed by atoms with Crippen molar-refractivity contribution >= 4 is 18.2 Å². The van der Waals surface area contributed by atoms with E-state index >= 15 is 0 Å².